The van der Waals surface area contributed by atoms with E-state index in [1.165, 1.54) is 5.56 Å². The summed E-state index contributed by atoms with van der Waals surface area (Å²) in [6.07, 6.45) is 1.60. The quantitative estimate of drug-likeness (QED) is 0.655. The lowest BCUT2D eigenvalue weighted by Gasteiger charge is -2.35. The number of ether oxygens (including phenoxy) is 1. The van der Waals surface area contributed by atoms with E-state index in [-0.39, 0.29) is 24.0 Å². The maximum atomic E-state index is 12.0. The Bertz CT molecular complexity index is 657. The molecule has 2 unspecified atom stereocenters. The van der Waals surface area contributed by atoms with Crippen LogP contribution in [-0.4, -0.2) is 48.6 Å². The van der Waals surface area contributed by atoms with Gasteiger partial charge in [0, 0.05) is 44.6 Å². The third kappa shape index (κ3) is 8.54. The molecule has 6 heteroatoms. The Hall–Kier alpha value is -1.92. The second-order valence-electron chi connectivity index (χ2n) is 9.15. The van der Waals surface area contributed by atoms with Gasteiger partial charge in [0.25, 0.3) is 0 Å². The van der Waals surface area contributed by atoms with E-state index in [1.54, 1.807) is 0 Å². The Morgan fingerprint density at radius 3 is 2.21 bits per heavy atom. The molecule has 0 saturated carbocycles. The molecule has 0 aromatic heterocycles. The van der Waals surface area contributed by atoms with Gasteiger partial charge in [-0.05, 0) is 31.4 Å². The van der Waals surface area contributed by atoms with E-state index >= 15 is 0 Å². The molecule has 1 saturated heterocycles. The largest absolute Gasteiger partial charge is 0.373 e. The monoisotopic (exact) mass is 403 g/mol. The molecule has 1 aliphatic rings. The molecular weight excluding hydrogens is 366 g/mol. The van der Waals surface area contributed by atoms with Gasteiger partial charge < -0.3 is 15.4 Å². The van der Waals surface area contributed by atoms with Gasteiger partial charge in [0.2, 0.25) is 11.8 Å². The average molecular weight is 404 g/mol. The predicted octanol–water partition coefficient (Wildman–Crippen LogP) is 2.85. The smallest absolute Gasteiger partial charge is 0.225 e. The number of hydrogen-bond acceptors (Lipinski definition) is 4. The van der Waals surface area contributed by atoms with Gasteiger partial charge in [0.05, 0.1) is 12.2 Å². The van der Waals surface area contributed by atoms with Crippen LogP contribution in [0.4, 0.5) is 0 Å². The summed E-state index contributed by atoms with van der Waals surface area (Å²) < 4.78 is 5.79. The van der Waals surface area contributed by atoms with Crippen molar-refractivity contribution in [2.45, 2.75) is 72.8 Å². The molecule has 2 rings (SSSR count). The number of nitrogens with one attached hydrogen (secondary N) is 2. The third-order valence-corrected chi connectivity index (χ3v) is 4.96. The molecule has 29 heavy (non-hydrogen) atoms. The second-order valence-corrected chi connectivity index (χ2v) is 9.15. The normalized spacial score (nSPS) is 20.3. The first-order valence-corrected chi connectivity index (χ1v) is 10.6. The van der Waals surface area contributed by atoms with E-state index in [0.29, 0.717) is 25.9 Å². The van der Waals surface area contributed by atoms with Crippen molar-refractivity contribution in [2.24, 2.45) is 5.41 Å². The lowest BCUT2D eigenvalue weighted by atomic mass is 9.96. The Labute approximate surface area is 175 Å². The predicted molar refractivity (Wildman–Crippen MR) is 115 cm³/mol. The molecule has 2 N–H and O–H groups in total. The minimum Gasteiger partial charge on any atom is -0.373 e. The first-order valence-electron chi connectivity index (χ1n) is 10.6. The molecule has 6 nitrogen and oxygen atoms in total. The number of nitrogens with zero attached hydrogens (tertiary/aromatic N) is 1. The summed E-state index contributed by atoms with van der Waals surface area (Å²) in [6.45, 7) is 13.8. The van der Waals surface area contributed by atoms with Crippen molar-refractivity contribution in [3.63, 3.8) is 0 Å². The Balaban J connectivity index is 1.66. The molecule has 1 aliphatic heterocycles. The Kier molecular flexibility index (Phi) is 8.65. The molecule has 1 heterocycles. The van der Waals surface area contributed by atoms with Crippen LogP contribution in [0.2, 0.25) is 0 Å². The summed E-state index contributed by atoms with van der Waals surface area (Å²) in [5.74, 6) is 0.0226. The zero-order valence-corrected chi connectivity index (χ0v) is 18.6. The highest BCUT2D eigenvalue weighted by Crippen LogP contribution is 2.15. The van der Waals surface area contributed by atoms with Crippen LogP contribution in [-0.2, 0) is 27.4 Å². The van der Waals surface area contributed by atoms with Crippen LogP contribution in [0.1, 0.15) is 58.6 Å². The van der Waals surface area contributed by atoms with Crippen LogP contribution in [0.25, 0.3) is 0 Å². The van der Waals surface area contributed by atoms with Crippen molar-refractivity contribution < 1.29 is 14.3 Å². The van der Waals surface area contributed by atoms with Crippen LogP contribution in [0, 0.1) is 5.41 Å². The summed E-state index contributed by atoms with van der Waals surface area (Å²) in [7, 11) is 0. The van der Waals surface area contributed by atoms with Crippen molar-refractivity contribution in [2.75, 3.05) is 19.6 Å². The highest BCUT2D eigenvalue weighted by Gasteiger charge is 2.22. The molecule has 1 aromatic rings. The van der Waals surface area contributed by atoms with Gasteiger partial charge >= 0.3 is 0 Å². The van der Waals surface area contributed by atoms with Gasteiger partial charge in [-0.15, -0.1) is 0 Å². The topological polar surface area (TPSA) is 70.7 Å². The molecule has 162 valence electrons. The fourth-order valence-corrected chi connectivity index (χ4v) is 3.44. The third-order valence-electron chi connectivity index (χ3n) is 4.96. The number of benzene rings is 1. The van der Waals surface area contributed by atoms with Crippen molar-refractivity contribution in [3.8, 4) is 0 Å². The zero-order valence-electron chi connectivity index (χ0n) is 18.6. The maximum Gasteiger partial charge on any atom is 0.225 e. The SMILES string of the molecule is CC1CN(Cc2ccc(CNC(=O)CCCNC(=O)C(C)(C)C)cc2)CC(C)O1. The van der Waals surface area contributed by atoms with Gasteiger partial charge in [-0.3, -0.25) is 14.5 Å². The van der Waals surface area contributed by atoms with E-state index in [9.17, 15) is 9.59 Å². The Morgan fingerprint density at radius 1 is 1.03 bits per heavy atom. The molecule has 0 spiro atoms. The van der Waals surface area contributed by atoms with Crippen LogP contribution in [0.15, 0.2) is 24.3 Å². The standard InChI is InChI=1S/C23H37N3O3/c1-17-14-26(15-18(2)29-17)16-20-10-8-19(9-11-20)13-25-21(27)7-6-12-24-22(28)23(3,4)5/h8-11,17-18H,6-7,12-16H2,1-5H3,(H,24,28)(H,25,27). The zero-order chi connectivity index (χ0) is 21.4. The van der Waals surface area contributed by atoms with E-state index in [0.717, 1.165) is 25.2 Å². The minimum atomic E-state index is -0.396. The molecule has 2 amide bonds. The molecule has 0 bridgehead atoms. The van der Waals surface area contributed by atoms with Crippen LogP contribution in [0.5, 0.6) is 0 Å². The molecule has 0 aliphatic carbocycles. The fourth-order valence-electron chi connectivity index (χ4n) is 3.44. The lowest BCUT2D eigenvalue weighted by molar-refractivity contribution is -0.128. The summed E-state index contributed by atoms with van der Waals surface area (Å²) in [4.78, 5) is 26.2. The summed E-state index contributed by atoms with van der Waals surface area (Å²) >= 11 is 0. The number of rotatable bonds is 8. The molecular formula is C23H37N3O3. The van der Waals surface area contributed by atoms with Crippen molar-refractivity contribution in [3.05, 3.63) is 35.4 Å². The van der Waals surface area contributed by atoms with Crippen molar-refractivity contribution in [1.29, 1.82) is 0 Å². The Morgan fingerprint density at radius 2 is 1.62 bits per heavy atom. The lowest BCUT2D eigenvalue weighted by Crippen LogP contribution is -2.44. The molecule has 1 aromatic carbocycles. The molecule has 1 fully saturated rings. The summed E-state index contributed by atoms with van der Waals surface area (Å²) in [6, 6.07) is 8.42. The number of hydrogen-bond donors (Lipinski definition) is 2. The van der Waals surface area contributed by atoms with E-state index < -0.39 is 5.41 Å². The van der Waals surface area contributed by atoms with Crippen molar-refractivity contribution >= 4 is 11.8 Å². The van der Waals surface area contributed by atoms with E-state index in [1.807, 2.05) is 20.8 Å². The van der Waals surface area contributed by atoms with Gasteiger partial charge in [-0.1, -0.05) is 45.0 Å². The molecule has 2 atom stereocenters. The number of morpholine rings is 1. The highest BCUT2D eigenvalue weighted by atomic mass is 16.5. The van der Waals surface area contributed by atoms with Gasteiger partial charge in [-0.2, -0.15) is 0 Å². The summed E-state index contributed by atoms with van der Waals surface area (Å²) in [5.41, 5.74) is 1.97. The van der Waals surface area contributed by atoms with Gasteiger partial charge in [0.15, 0.2) is 0 Å². The first kappa shape index (κ1) is 23.4. The highest BCUT2D eigenvalue weighted by molar-refractivity contribution is 5.81. The van der Waals surface area contributed by atoms with Gasteiger partial charge in [-0.25, -0.2) is 0 Å². The molecule has 0 radical (unpaired) electrons. The van der Waals surface area contributed by atoms with Crippen LogP contribution >= 0.6 is 0 Å². The number of carbonyl (C=O) groups is 2. The second kappa shape index (κ2) is 10.7. The fraction of sp³-hybridized carbons (Fsp3) is 0.652. The first-order chi connectivity index (χ1) is 13.6. The van der Waals surface area contributed by atoms with Crippen molar-refractivity contribution in [1.82, 2.24) is 15.5 Å². The summed E-state index contributed by atoms with van der Waals surface area (Å²) in [5, 5.41) is 5.82. The average Bonchev–Trinajstić information content (AvgIpc) is 2.63. The van der Waals surface area contributed by atoms with Gasteiger partial charge in [0.1, 0.15) is 0 Å². The van der Waals surface area contributed by atoms with Crippen LogP contribution < -0.4 is 10.6 Å². The minimum absolute atomic E-state index is 0.00961. The maximum absolute atomic E-state index is 12.0. The number of carbonyl (C=O) groups excluding carboxylic acids is 2. The number of amides is 2. The van der Waals surface area contributed by atoms with E-state index in [2.05, 4.69) is 53.6 Å². The van der Waals surface area contributed by atoms with Crippen LogP contribution in [0.3, 0.4) is 0 Å². The van der Waals surface area contributed by atoms with E-state index in [4.69, 9.17) is 4.74 Å².